The van der Waals surface area contributed by atoms with Crippen LogP contribution < -0.4 is 11.0 Å². The fraction of sp³-hybridized carbons (Fsp3) is 0.0667. The Balaban J connectivity index is 1.64. The van der Waals surface area contributed by atoms with Gasteiger partial charge in [-0.25, -0.2) is 23.3 Å². The molecule has 0 spiro atoms. The number of aromatic nitrogens is 4. The van der Waals surface area contributed by atoms with E-state index in [9.17, 15) is 14.0 Å². The zero-order chi connectivity index (χ0) is 16.7. The minimum atomic E-state index is -0.443. The zero-order valence-electron chi connectivity index (χ0n) is 12.1. The number of rotatable bonds is 3. The molecule has 0 radical (unpaired) electrons. The molecule has 24 heavy (non-hydrogen) atoms. The highest BCUT2D eigenvalue weighted by Gasteiger charge is 2.14. The quantitative estimate of drug-likeness (QED) is 0.616. The standard InChI is InChI=1S/C15H10FN5O2S/c16-9-1-3-10(4-2-9)18-12(22)7-21-15(23)20-8-17-11-5-6-24-13(11)14(20)19-21/h1-6,8H,7H2,(H,18,22). The topological polar surface area (TPSA) is 81.3 Å². The number of hydrogen-bond acceptors (Lipinski definition) is 5. The second-order valence-electron chi connectivity index (χ2n) is 5.07. The van der Waals surface area contributed by atoms with E-state index in [1.807, 2.05) is 11.4 Å². The molecule has 1 amide bonds. The number of fused-ring (bicyclic) bond motifs is 3. The summed E-state index contributed by atoms with van der Waals surface area (Å²) < 4.78 is 16.0. The molecule has 0 aliphatic rings. The highest BCUT2D eigenvalue weighted by atomic mass is 32.1. The summed E-state index contributed by atoms with van der Waals surface area (Å²) in [5, 5.41) is 8.68. The summed E-state index contributed by atoms with van der Waals surface area (Å²) in [6.07, 6.45) is 1.40. The van der Waals surface area contributed by atoms with Gasteiger partial charge in [0.15, 0.2) is 5.65 Å². The van der Waals surface area contributed by atoms with E-state index in [4.69, 9.17) is 0 Å². The number of halogens is 1. The van der Waals surface area contributed by atoms with Crippen LogP contribution in [0.3, 0.4) is 0 Å². The molecule has 1 aromatic carbocycles. The largest absolute Gasteiger partial charge is 0.352 e. The van der Waals surface area contributed by atoms with Crippen molar-refractivity contribution in [2.24, 2.45) is 0 Å². The highest BCUT2D eigenvalue weighted by Crippen LogP contribution is 2.21. The van der Waals surface area contributed by atoms with Crippen molar-refractivity contribution in [2.45, 2.75) is 6.54 Å². The number of amides is 1. The van der Waals surface area contributed by atoms with Crippen LogP contribution in [-0.4, -0.2) is 25.1 Å². The predicted octanol–water partition coefficient (Wildman–Crippen LogP) is 1.88. The average Bonchev–Trinajstić information content (AvgIpc) is 3.15. The lowest BCUT2D eigenvalue weighted by molar-refractivity contribution is -0.117. The first-order chi connectivity index (χ1) is 11.6. The Hall–Kier alpha value is -3.07. The first-order valence-corrected chi connectivity index (χ1v) is 7.86. The number of carbonyl (C=O) groups is 1. The molecule has 0 saturated heterocycles. The van der Waals surface area contributed by atoms with Gasteiger partial charge in [-0.3, -0.25) is 4.79 Å². The minimum Gasteiger partial charge on any atom is -0.324 e. The van der Waals surface area contributed by atoms with Gasteiger partial charge in [0.05, 0.1) is 10.2 Å². The Morgan fingerprint density at radius 1 is 1.25 bits per heavy atom. The van der Waals surface area contributed by atoms with Crippen molar-refractivity contribution in [3.8, 4) is 0 Å². The lowest BCUT2D eigenvalue weighted by Crippen LogP contribution is -2.28. The lowest BCUT2D eigenvalue weighted by atomic mass is 10.3. The number of carbonyl (C=O) groups excluding carboxylic acids is 1. The maximum atomic E-state index is 12.9. The molecule has 9 heteroatoms. The van der Waals surface area contributed by atoms with Crippen molar-refractivity contribution in [2.75, 3.05) is 5.32 Å². The van der Waals surface area contributed by atoms with Crippen molar-refractivity contribution < 1.29 is 9.18 Å². The summed E-state index contributed by atoms with van der Waals surface area (Å²) in [5.41, 5.74) is 1.22. The predicted molar refractivity (Wildman–Crippen MR) is 87.7 cm³/mol. The van der Waals surface area contributed by atoms with Crippen molar-refractivity contribution in [1.82, 2.24) is 19.2 Å². The zero-order valence-corrected chi connectivity index (χ0v) is 13.0. The number of benzene rings is 1. The SMILES string of the molecule is O=C(Cn1nc2c3sccc3ncn2c1=O)Nc1ccc(F)cc1. The van der Waals surface area contributed by atoms with E-state index in [0.717, 1.165) is 14.9 Å². The fourth-order valence-corrected chi connectivity index (χ4v) is 3.16. The van der Waals surface area contributed by atoms with Gasteiger partial charge in [0.25, 0.3) is 0 Å². The molecule has 1 N–H and O–H groups in total. The summed E-state index contributed by atoms with van der Waals surface area (Å²) in [4.78, 5) is 28.6. The maximum Gasteiger partial charge on any atom is 0.352 e. The van der Waals surface area contributed by atoms with Gasteiger partial charge in [-0.1, -0.05) is 0 Å². The monoisotopic (exact) mass is 343 g/mol. The Morgan fingerprint density at radius 2 is 2.04 bits per heavy atom. The van der Waals surface area contributed by atoms with Crippen LogP contribution in [0.25, 0.3) is 15.9 Å². The summed E-state index contributed by atoms with van der Waals surface area (Å²) in [7, 11) is 0. The smallest absolute Gasteiger partial charge is 0.324 e. The van der Waals surface area contributed by atoms with Crippen LogP contribution in [0.1, 0.15) is 0 Å². The second-order valence-corrected chi connectivity index (χ2v) is 5.98. The third kappa shape index (κ3) is 2.44. The van der Waals surface area contributed by atoms with E-state index in [1.165, 1.54) is 46.3 Å². The third-order valence-electron chi connectivity index (χ3n) is 3.45. The summed E-state index contributed by atoms with van der Waals surface area (Å²) >= 11 is 1.43. The van der Waals surface area contributed by atoms with E-state index < -0.39 is 17.4 Å². The van der Waals surface area contributed by atoms with E-state index in [2.05, 4.69) is 15.4 Å². The van der Waals surface area contributed by atoms with Gasteiger partial charge < -0.3 is 5.32 Å². The summed E-state index contributed by atoms with van der Waals surface area (Å²) in [6, 6.07) is 7.21. The third-order valence-corrected chi connectivity index (χ3v) is 4.35. The molecule has 4 aromatic rings. The Bertz CT molecular complexity index is 1110. The van der Waals surface area contributed by atoms with Gasteiger partial charge in [0.1, 0.15) is 18.7 Å². The first kappa shape index (κ1) is 14.5. The molecule has 0 atom stereocenters. The maximum absolute atomic E-state index is 12.9. The average molecular weight is 343 g/mol. The molecule has 0 aliphatic carbocycles. The molecule has 0 aliphatic heterocycles. The van der Waals surface area contributed by atoms with Gasteiger partial charge in [-0.15, -0.1) is 16.4 Å². The second kappa shape index (κ2) is 5.53. The molecule has 0 fully saturated rings. The summed E-state index contributed by atoms with van der Waals surface area (Å²) in [5.74, 6) is -0.820. The number of hydrogen-bond donors (Lipinski definition) is 1. The molecule has 0 bridgehead atoms. The Kier molecular flexibility index (Phi) is 3.35. The van der Waals surface area contributed by atoms with E-state index in [0.29, 0.717) is 11.3 Å². The van der Waals surface area contributed by atoms with Crippen molar-refractivity contribution in [1.29, 1.82) is 0 Å². The minimum absolute atomic E-state index is 0.245. The van der Waals surface area contributed by atoms with Crippen LogP contribution in [0, 0.1) is 5.82 Å². The Morgan fingerprint density at radius 3 is 2.83 bits per heavy atom. The molecular weight excluding hydrogens is 333 g/mol. The molecule has 7 nitrogen and oxygen atoms in total. The first-order valence-electron chi connectivity index (χ1n) is 6.98. The van der Waals surface area contributed by atoms with Crippen molar-refractivity contribution in [3.05, 3.63) is 58.3 Å². The van der Waals surface area contributed by atoms with Gasteiger partial charge in [0, 0.05) is 5.69 Å². The Labute approximate surface area is 138 Å². The molecular formula is C15H10FN5O2S. The van der Waals surface area contributed by atoms with Crippen LogP contribution in [0.4, 0.5) is 10.1 Å². The molecule has 3 aromatic heterocycles. The molecule has 0 unspecified atom stereocenters. The molecule has 120 valence electrons. The lowest BCUT2D eigenvalue weighted by Gasteiger charge is -2.04. The molecule has 3 heterocycles. The number of nitrogens with zero attached hydrogens (tertiary/aromatic N) is 4. The fourth-order valence-electron chi connectivity index (χ4n) is 2.34. The van der Waals surface area contributed by atoms with E-state index >= 15 is 0 Å². The van der Waals surface area contributed by atoms with Crippen LogP contribution in [0.5, 0.6) is 0 Å². The van der Waals surface area contributed by atoms with E-state index in [1.54, 1.807) is 0 Å². The van der Waals surface area contributed by atoms with Gasteiger partial charge >= 0.3 is 5.69 Å². The highest BCUT2D eigenvalue weighted by molar-refractivity contribution is 7.17. The summed E-state index contributed by atoms with van der Waals surface area (Å²) in [6.45, 7) is -0.245. The number of thiophene rings is 1. The van der Waals surface area contributed by atoms with Gasteiger partial charge in [-0.2, -0.15) is 0 Å². The van der Waals surface area contributed by atoms with Gasteiger partial charge in [0.2, 0.25) is 5.91 Å². The van der Waals surface area contributed by atoms with Crippen molar-refractivity contribution in [3.63, 3.8) is 0 Å². The van der Waals surface area contributed by atoms with Crippen LogP contribution in [0.2, 0.25) is 0 Å². The number of nitrogens with one attached hydrogen (secondary N) is 1. The number of anilines is 1. The van der Waals surface area contributed by atoms with Crippen LogP contribution in [0.15, 0.2) is 46.8 Å². The van der Waals surface area contributed by atoms with Crippen molar-refractivity contribution >= 4 is 38.8 Å². The van der Waals surface area contributed by atoms with Crippen LogP contribution >= 0.6 is 11.3 Å². The molecule has 0 saturated carbocycles. The molecule has 4 rings (SSSR count). The normalized spacial score (nSPS) is 11.2. The van der Waals surface area contributed by atoms with Crippen LogP contribution in [-0.2, 0) is 11.3 Å². The van der Waals surface area contributed by atoms with E-state index in [-0.39, 0.29) is 6.54 Å². The van der Waals surface area contributed by atoms with Gasteiger partial charge in [-0.05, 0) is 35.7 Å².